The van der Waals surface area contributed by atoms with Gasteiger partial charge in [-0.3, -0.25) is 0 Å². The molecule has 0 aliphatic carbocycles. The number of anilines is 2. The minimum Gasteiger partial charge on any atom is -0.383 e. The molecule has 4 N–H and O–H groups in total. The molecule has 94 valence electrons. The minimum absolute atomic E-state index is 0.0331. The van der Waals surface area contributed by atoms with Crippen molar-refractivity contribution in [2.75, 3.05) is 11.5 Å². The van der Waals surface area contributed by atoms with Gasteiger partial charge in [0.25, 0.3) is 0 Å². The van der Waals surface area contributed by atoms with E-state index in [4.69, 9.17) is 23.1 Å². The van der Waals surface area contributed by atoms with Gasteiger partial charge in [-0.25, -0.2) is 9.37 Å². The van der Waals surface area contributed by atoms with E-state index in [1.807, 2.05) is 6.92 Å². The fourth-order valence-corrected chi connectivity index (χ4v) is 1.97. The number of hydrogen-bond acceptors (Lipinski definition) is 4. The normalized spacial score (nSPS) is 10.6. The van der Waals surface area contributed by atoms with E-state index in [0.717, 1.165) is 0 Å². The maximum atomic E-state index is 14.0. The highest BCUT2D eigenvalue weighted by molar-refractivity contribution is 6.31. The molecular formula is C12H12ClFN4. The van der Waals surface area contributed by atoms with Gasteiger partial charge in [-0.2, -0.15) is 4.98 Å². The van der Waals surface area contributed by atoms with Crippen LogP contribution < -0.4 is 11.5 Å². The van der Waals surface area contributed by atoms with Crippen molar-refractivity contribution in [1.82, 2.24) is 9.97 Å². The highest BCUT2D eigenvalue weighted by Gasteiger charge is 2.17. The smallest absolute Gasteiger partial charge is 0.222 e. The van der Waals surface area contributed by atoms with Crippen molar-refractivity contribution in [3.05, 3.63) is 34.7 Å². The molecule has 2 rings (SSSR count). The zero-order valence-electron chi connectivity index (χ0n) is 9.74. The average Bonchev–Trinajstić information content (AvgIpc) is 2.32. The third-order valence-corrected chi connectivity index (χ3v) is 2.88. The molecule has 1 aromatic carbocycles. The van der Waals surface area contributed by atoms with Crippen molar-refractivity contribution in [2.45, 2.75) is 13.3 Å². The van der Waals surface area contributed by atoms with Gasteiger partial charge in [0.05, 0.1) is 10.7 Å². The predicted molar refractivity (Wildman–Crippen MR) is 70.6 cm³/mol. The Balaban J connectivity index is 2.74. The summed E-state index contributed by atoms with van der Waals surface area (Å²) in [6, 6.07) is 4.71. The predicted octanol–water partition coefficient (Wildman–Crippen LogP) is 2.66. The van der Waals surface area contributed by atoms with Gasteiger partial charge >= 0.3 is 0 Å². The summed E-state index contributed by atoms with van der Waals surface area (Å²) in [5, 5.41) is 0.0331. The molecule has 0 aliphatic rings. The van der Waals surface area contributed by atoms with Crippen LogP contribution in [0.15, 0.2) is 18.2 Å². The fourth-order valence-electron chi connectivity index (χ4n) is 1.79. The first-order valence-corrected chi connectivity index (χ1v) is 5.78. The van der Waals surface area contributed by atoms with E-state index in [0.29, 0.717) is 17.7 Å². The monoisotopic (exact) mass is 266 g/mol. The van der Waals surface area contributed by atoms with Crippen molar-refractivity contribution < 1.29 is 4.39 Å². The summed E-state index contributed by atoms with van der Waals surface area (Å²) < 4.78 is 14.0. The molecule has 0 saturated heterocycles. The lowest BCUT2D eigenvalue weighted by molar-refractivity contribution is 0.631. The molecule has 0 unspecified atom stereocenters. The van der Waals surface area contributed by atoms with Gasteiger partial charge in [0.2, 0.25) is 5.95 Å². The Hall–Kier alpha value is -1.88. The summed E-state index contributed by atoms with van der Waals surface area (Å²) in [5.74, 6) is -0.301. The van der Waals surface area contributed by atoms with Gasteiger partial charge < -0.3 is 11.5 Å². The van der Waals surface area contributed by atoms with Crippen LogP contribution in [0.4, 0.5) is 16.2 Å². The maximum absolute atomic E-state index is 14.0. The molecule has 0 atom stereocenters. The van der Waals surface area contributed by atoms with Crippen molar-refractivity contribution >= 4 is 23.4 Å². The Morgan fingerprint density at radius 1 is 1.28 bits per heavy atom. The van der Waals surface area contributed by atoms with Crippen LogP contribution in [0, 0.1) is 5.82 Å². The largest absolute Gasteiger partial charge is 0.383 e. The Morgan fingerprint density at radius 3 is 2.67 bits per heavy atom. The maximum Gasteiger partial charge on any atom is 0.222 e. The van der Waals surface area contributed by atoms with Crippen molar-refractivity contribution in [3.8, 4) is 11.1 Å². The molecule has 0 bridgehead atoms. The standard InChI is InChI=1S/C12H12ClFN4/c1-2-8-9(11(15)18-12(16)17-8)6-4-3-5-7(13)10(6)14/h3-5H,2H2,1H3,(H4,15,16,17,18). The number of benzene rings is 1. The molecule has 1 heterocycles. The van der Waals surface area contributed by atoms with E-state index < -0.39 is 5.82 Å². The van der Waals surface area contributed by atoms with E-state index in [1.165, 1.54) is 6.07 Å². The Morgan fingerprint density at radius 2 is 2.00 bits per heavy atom. The topological polar surface area (TPSA) is 77.8 Å². The van der Waals surface area contributed by atoms with Crippen LogP contribution in [0.5, 0.6) is 0 Å². The Bertz CT molecular complexity index is 601. The second-order valence-electron chi connectivity index (χ2n) is 3.74. The first-order valence-electron chi connectivity index (χ1n) is 5.40. The number of nitrogens with two attached hydrogens (primary N) is 2. The average molecular weight is 267 g/mol. The lowest BCUT2D eigenvalue weighted by Gasteiger charge is -2.12. The fraction of sp³-hybridized carbons (Fsp3) is 0.167. The molecule has 0 aliphatic heterocycles. The van der Waals surface area contributed by atoms with Crippen LogP contribution in [0.2, 0.25) is 5.02 Å². The molecule has 0 amide bonds. The third kappa shape index (κ3) is 2.09. The summed E-state index contributed by atoms with van der Waals surface area (Å²) in [4.78, 5) is 7.94. The van der Waals surface area contributed by atoms with Crippen LogP contribution in [0.25, 0.3) is 11.1 Å². The Labute approximate surface area is 109 Å². The second kappa shape index (κ2) is 4.78. The third-order valence-electron chi connectivity index (χ3n) is 2.59. The molecule has 18 heavy (non-hydrogen) atoms. The van der Waals surface area contributed by atoms with E-state index in [9.17, 15) is 4.39 Å². The van der Waals surface area contributed by atoms with E-state index in [2.05, 4.69) is 9.97 Å². The molecule has 2 aromatic rings. The van der Waals surface area contributed by atoms with Gasteiger partial charge in [0, 0.05) is 11.1 Å². The molecular weight excluding hydrogens is 255 g/mol. The molecule has 6 heteroatoms. The molecule has 0 spiro atoms. The van der Waals surface area contributed by atoms with Gasteiger partial charge in [-0.05, 0) is 12.5 Å². The van der Waals surface area contributed by atoms with Gasteiger partial charge in [0.1, 0.15) is 11.6 Å². The van der Waals surface area contributed by atoms with E-state index >= 15 is 0 Å². The number of aromatic nitrogens is 2. The first kappa shape index (κ1) is 12.6. The van der Waals surface area contributed by atoms with Crippen LogP contribution >= 0.6 is 11.6 Å². The first-order chi connectivity index (χ1) is 8.54. The molecule has 0 fully saturated rings. The zero-order valence-corrected chi connectivity index (χ0v) is 10.5. The van der Waals surface area contributed by atoms with Crippen LogP contribution in [-0.2, 0) is 6.42 Å². The molecule has 1 aromatic heterocycles. The number of hydrogen-bond donors (Lipinski definition) is 2. The Kier molecular flexibility index (Phi) is 3.34. The molecule has 0 radical (unpaired) electrons. The highest BCUT2D eigenvalue weighted by Crippen LogP contribution is 2.33. The number of aryl methyl sites for hydroxylation is 1. The summed E-state index contributed by atoms with van der Waals surface area (Å²) >= 11 is 5.76. The number of nitrogen functional groups attached to an aromatic ring is 2. The lowest BCUT2D eigenvalue weighted by atomic mass is 10.0. The molecule has 4 nitrogen and oxygen atoms in total. The van der Waals surface area contributed by atoms with Crippen LogP contribution in [0.1, 0.15) is 12.6 Å². The summed E-state index contributed by atoms with van der Waals surface area (Å²) in [5.41, 5.74) is 12.7. The number of halogens is 2. The highest BCUT2D eigenvalue weighted by atomic mass is 35.5. The molecule has 0 saturated carbocycles. The van der Waals surface area contributed by atoms with Gasteiger partial charge in [-0.1, -0.05) is 30.7 Å². The lowest BCUT2D eigenvalue weighted by Crippen LogP contribution is -2.07. The zero-order chi connectivity index (χ0) is 13.3. The number of rotatable bonds is 2. The minimum atomic E-state index is -0.533. The van der Waals surface area contributed by atoms with Crippen molar-refractivity contribution in [3.63, 3.8) is 0 Å². The number of nitrogens with zero attached hydrogens (tertiary/aromatic N) is 2. The summed E-state index contributed by atoms with van der Waals surface area (Å²) in [7, 11) is 0. The quantitative estimate of drug-likeness (QED) is 0.876. The van der Waals surface area contributed by atoms with Gasteiger partial charge in [-0.15, -0.1) is 0 Å². The van der Waals surface area contributed by atoms with Crippen molar-refractivity contribution in [2.24, 2.45) is 0 Å². The van der Waals surface area contributed by atoms with Gasteiger partial charge in [0.15, 0.2) is 0 Å². The SMILES string of the molecule is CCc1nc(N)nc(N)c1-c1cccc(Cl)c1F. The van der Waals surface area contributed by atoms with E-state index in [-0.39, 0.29) is 22.4 Å². The van der Waals surface area contributed by atoms with Crippen LogP contribution in [0.3, 0.4) is 0 Å². The van der Waals surface area contributed by atoms with Crippen molar-refractivity contribution in [1.29, 1.82) is 0 Å². The second-order valence-corrected chi connectivity index (χ2v) is 4.15. The summed E-state index contributed by atoms with van der Waals surface area (Å²) in [6.45, 7) is 1.88. The van der Waals surface area contributed by atoms with Crippen LogP contribution in [-0.4, -0.2) is 9.97 Å². The summed E-state index contributed by atoms with van der Waals surface area (Å²) in [6.07, 6.45) is 0.568. The van der Waals surface area contributed by atoms with E-state index in [1.54, 1.807) is 12.1 Å².